The molecule has 0 aliphatic carbocycles. The zero-order chi connectivity index (χ0) is 31.7. The molecule has 2 aromatic heterocycles. The molecule has 0 bridgehead atoms. The number of hydrogen-bond donors (Lipinski definition) is 0. The Bertz CT molecular complexity index is 1740. The SMILES string of the molecule is O=Ic1ccccc1.[c-]1cccc[n+]1-c1ccc(-[n+]2ccccc2)cc1.c1ccc([I-]c2ccc([I-]c3ccccc3)cc2)cc1. The molecule has 0 spiro atoms. The van der Waals surface area contributed by atoms with Crippen LogP contribution in [-0.2, 0) is 3.07 Å². The number of rotatable bonds is 7. The van der Waals surface area contributed by atoms with Crippen molar-refractivity contribution in [3.63, 3.8) is 0 Å². The molecule has 6 heteroatoms. The first-order valence-corrected chi connectivity index (χ1v) is 20.8. The van der Waals surface area contributed by atoms with Gasteiger partial charge in [-0.15, -0.1) is 6.07 Å². The maximum absolute atomic E-state index is 10.2. The second-order valence-electron chi connectivity index (χ2n) is 9.59. The second-order valence-corrected chi connectivity index (χ2v) is 17.3. The Labute approximate surface area is 302 Å². The van der Waals surface area contributed by atoms with E-state index in [1.165, 1.54) is 14.3 Å². The maximum atomic E-state index is 10.2. The summed E-state index contributed by atoms with van der Waals surface area (Å²) in [6.45, 7) is 0. The first-order valence-electron chi connectivity index (χ1n) is 14.5. The van der Waals surface area contributed by atoms with Crippen molar-refractivity contribution < 1.29 is 54.6 Å². The van der Waals surface area contributed by atoms with Gasteiger partial charge >= 0.3 is 142 Å². The molecule has 2 heterocycles. The zero-order valence-electron chi connectivity index (χ0n) is 24.9. The van der Waals surface area contributed by atoms with E-state index in [1.807, 2.05) is 89.9 Å². The number of benzene rings is 5. The molecule has 0 radical (unpaired) electrons. The van der Waals surface area contributed by atoms with Crippen LogP contribution >= 0.6 is 21.2 Å². The molecule has 0 N–H and O–H groups in total. The summed E-state index contributed by atoms with van der Waals surface area (Å²) >= 11 is -1.01. The Morgan fingerprint density at radius 3 is 1.33 bits per heavy atom. The first-order chi connectivity index (χ1) is 22.8. The van der Waals surface area contributed by atoms with Crippen LogP contribution in [0.2, 0.25) is 0 Å². The summed E-state index contributed by atoms with van der Waals surface area (Å²) in [5.41, 5.74) is 2.26. The summed E-state index contributed by atoms with van der Waals surface area (Å²) in [4.78, 5) is 0. The summed E-state index contributed by atoms with van der Waals surface area (Å²) in [5.74, 6) is 0. The van der Waals surface area contributed by atoms with Crippen molar-refractivity contribution in [3.8, 4) is 11.4 Å². The fourth-order valence-corrected chi connectivity index (χ4v) is 9.24. The van der Waals surface area contributed by atoms with Gasteiger partial charge < -0.3 is 0 Å². The summed E-state index contributed by atoms with van der Waals surface area (Å²) < 4.78 is 21.2. The molecule has 7 aromatic rings. The molecule has 0 fully saturated rings. The van der Waals surface area contributed by atoms with Gasteiger partial charge in [0.1, 0.15) is 5.69 Å². The number of nitrogens with zero attached hydrogens (tertiary/aromatic N) is 2. The number of pyridine rings is 2. The molecule has 0 saturated heterocycles. The van der Waals surface area contributed by atoms with E-state index in [0.717, 1.165) is 14.9 Å². The van der Waals surface area contributed by atoms with Crippen molar-refractivity contribution in [1.82, 2.24) is 0 Å². The molecule has 0 aliphatic rings. The van der Waals surface area contributed by atoms with Gasteiger partial charge in [0.25, 0.3) is 0 Å². The second kappa shape index (κ2) is 19.1. The molecule has 230 valence electrons. The summed E-state index contributed by atoms with van der Waals surface area (Å²) in [6, 6.07) is 60.7. The molecule has 0 aliphatic heterocycles. The van der Waals surface area contributed by atoms with Crippen LogP contribution in [0.15, 0.2) is 195 Å². The predicted octanol–water partition coefficient (Wildman–Crippen LogP) is 2.16. The zero-order valence-corrected chi connectivity index (χ0v) is 31.4. The Balaban J connectivity index is 0.000000148. The molecule has 0 saturated carbocycles. The number of halogens is 3. The van der Waals surface area contributed by atoms with Gasteiger partial charge in [-0.1, -0.05) is 36.4 Å². The van der Waals surface area contributed by atoms with E-state index in [0.29, 0.717) is 0 Å². The summed E-state index contributed by atoms with van der Waals surface area (Å²) in [7, 11) is 0. The summed E-state index contributed by atoms with van der Waals surface area (Å²) in [6.07, 6.45) is 9.22. The van der Waals surface area contributed by atoms with Crippen LogP contribution in [0.25, 0.3) is 11.4 Å². The molecule has 5 aromatic carbocycles. The van der Waals surface area contributed by atoms with E-state index in [2.05, 4.69) is 120 Å². The van der Waals surface area contributed by atoms with E-state index >= 15 is 0 Å². The Kier molecular flexibility index (Phi) is 14.0. The fourth-order valence-electron chi connectivity index (χ4n) is 4.10. The third kappa shape index (κ3) is 11.3. The first kappa shape index (κ1) is 33.7. The minimum absolute atomic E-state index is 0.0323. The van der Waals surface area contributed by atoms with Crippen LogP contribution < -0.4 is 51.5 Å². The van der Waals surface area contributed by atoms with Crippen molar-refractivity contribution in [2.45, 2.75) is 0 Å². The Morgan fingerprint density at radius 1 is 0.435 bits per heavy atom. The minimum atomic E-state index is -0.941. The normalized spacial score (nSPS) is 10.3. The average Bonchev–Trinajstić information content (AvgIpc) is 3.15. The third-order valence-electron chi connectivity index (χ3n) is 6.33. The molecule has 3 nitrogen and oxygen atoms in total. The number of hydrogen-bond acceptors (Lipinski definition) is 1. The number of aromatic nitrogens is 2. The summed E-state index contributed by atoms with van der Waals surface area (Å²) in [5, 5.41) is 0. The molecule has 0 atom stereocenters. The van der Waals surface area contributed by atoms with Gasteiger partial charge in [-0.3, -0.25) is 7.64 Å². The molecular weight excluding hydrogens is 905 g/mol. The van der Waals surface area contributed by atoms with Gasteiger partial charge in [0, 0.05) is 27.8 Å². The van der Waals surface area contributed by atoms with E-state index < -0.39 is 21.2 Å². The van der Waals surface area contributed by atoms with Gasteiger partial charge in [0.05, 0.1) is 6.20 Å². The molecule has 46 heavy (non-hydrogen) atoms. The van der Waals surface area contributed by atoms with Crippen LogP contribution in [0, 0.1) is 24.0 Å². The van der Waals surface area contributed by atoms with Crippen molar-refractivity contribution >= 4 is 21.2 Å². The van der Waals surface area contributed by atoms with Crippen LogP contribution in [0.3, 0.4) is 0 Å². The van der Waals surface area contributed by atoms with Crippen LogP contribution in [0.5, 0.6) is 0 Å². The monoisotopic (exact) mass is 937 g/mol. The van der Waals surface area contributed by atoms with Crippen molar-refractivity contribution in [2.24, 2.45) is 0 Å². The van der Waals surface area contributed by atoms with Gasteiger partial charge in [0.15, 0.2) is 39.8 Å². The van der Waals surface area contributed by atoms with E-state index in [4.69, 9.17) is 0 Å². The molecule has 0 unspecified atom stereocenters. The Morgan fingerprint density at radius 2 is 0.870 bits per heavy atom. The van der Waals surface area contributed by atoms with Gasteiger partial charge in [-0.2, -0.15) is 4.57 Å². The van der Waals surface area contributed by atoms with Crippen molar-refractivity contribution in [2.75, 3.05) is 0 Å². The Hall–Kier alpha value is -3.61. The van der Waals surface area contributed by atoms with E-state index in [-0.39, 0.29) is 42.4 Å². The third-order valence-corrected chi connectivity index (χ3v) is 12.9. The quantitative estimate of drug-likeness (QED) is 0.137. The van der Waals surface area contributed by atoms with Crippen molar-refractivity contribution in [1.29, 1.82) is 0 Å². The molecular formula is C40H32I3N2O-. The standard InChI is InChI=1S/C18H14I2.C16H13N2.C6H5IO/c1-3-7-15(8-4-1)19-17-11-13-18(14-12-17)20-16-9-5-2-6-10-16;1-3-11-17(12-4-1)15-7-9-16(10-8-15)18-13-5-2-6-14-18;8-7-6-4-2-1-3-5-6/h1-14H;1-13H;1-5H/q-2;+1;. The van der Waals surface area contributed by atoms with Crippen LogP contribution in [0.4, 0.5) is 0 Å². The molecule has 7 rings (SSSR count). The van der Waals surface area contributed by atoms with Crippen molar-refractivity contribution in [3.05, 3.63) is 219 Å². The van der Waals surface area contributed by atoms with E-state index in [1.54, 1.807) is 0 Å². The molecule has 0 amide bonds. The fraction of sp³-hybridized carbons (Fsp3) is 0. The van der Waals surface area contributed by atoms with E-state index in [9.17, 15) is 3.07 Å². The van der Waals surface area contributed by atoms with Crippen LogP contribution in [0.1, 0.15) is 0 Å². The van der Waals surface area contributed by atoms with Gasteiger partial charge in [0.2, 0.25) is 5.69 Å². The van der Waals surface area contributed by atoms with Gasteiger partial charge in [-0.25, -0.2) is 0 Å². The predicted molar refractivity (Wildman–Crippen MR) is 182 cm³/mol. The average molecular weight is 937 g/mol. The van der Waals surface area contributed by atoms with Crippen LogP contribution in [-0.4, -0.2) is 0 Å². The topological polar surface area (TPSA) is 24.8 Å². The van der Waals surface area contributed by atoms with Gasteiger partial charge in [-0.05, 0) is 24.3 Å².